The van der Waals surface area contributed by atoms with E-state index in [9.17, 15) is 0 Å². The second kappa shape index (κ2) is 7.11. The van der Waals surface area contributed by atoms with E-state index in [-0.39, 0.29) is 5.84 Å². The second-order valence-corrected chi connectivity index (χ2v) is 4.88. The number of nitrogens with zero attached hydrogens (tertiary/aromatic N) is 1. The van der Waals surface area contributed by atoms with Gasteiger partial charge in [0.15, 0.2) is 5.84 Å². The van der Waals surface area contributed by atoms with Crippen LogP contribution >= 0.6 is 0 Å². The van der Waals surface area contributed by atoms with E-state index in [1.54, 1.807) is 0 Å². The van der Waals surface area contributed by atoms with Crippen LogP contribution in [-0.2, 0) is 11.3 Å². The predicted octanol–water partition coefficient (Wildman–Crippen LogP) is 1.30. The van der Waals surface area contributed by atoms with Crippen LogP contribution in [0, 0.1) is 5.92 Å². The maximum Gasteiger partial charge on any atom is 0.170 e. The van der Waals surface area contributed by atoms with E-state index in [2.05, 4.69) is 10.5 Å². The molecule has 0 amide bonds. The second-order valence-electron chi connectivity index (χ2n) is 4.88. The highest BCUT2D eigenvalue weighted by molar-refractivity contribution is 5.97. The van der Waals surface area contributed by atoms with Gasteiger partial charge >= 0.3 is 0 Å². The van der Waals surface area contributed by atoms with Crippen molar-refractivity contribution in [3.8, 4) is 0 Å². The summed E-state index contributed by atoms with van der Waals surface area (Å²) in [6, 6.07) is 7.63. The number of nitrogens with one attached hydrogen (secondary N) is 1. The summed E-state index contributed by atoms with van der Waals surface area (Å²) in [5, 5.41) is 14.9. The first-order chi connectivity index (χ1) is 9.29. The van der Waals surface area contributed by atoms with Crippen molar-refractivity contribution in [2.75, 3.05) is 19.8 Å². The van der Waals surface area contributed by atoms with Gasteiger partial charge in [0.1, 0.15) is 0 Å². The fraction of sp³-hybridized carbons (Fsp3) is 0.500. The van der Waals surface area contributed by atoms with Crippen molar-refractivity contribution in [1.29, 1.82) is 0 Å². The fourth-order valence-corrected chi connectivity index (χ4v) is 1.81. The third-order valence-corrected chi connectivity index (χ3v) is 3.13. The molecule has 0 atom stereocenters. The molecule has 0 aromatic heterocycles. The highest BCUT2D eigenvalue weighted by Crippen LogP contribution is 2.28. The summed E-state index contributed by atoms with van der Waals surface area (Å²) in [6.45, 7) is 3.23. The molecule has 1 aromatic rings. The normalized spacial score (nSPS) is 15.7. The van der Waals surface area contributed by atoms with E-state index in [1.165, 1.54) is 12.8 Å². The Morgan fingerprint density at radius 1 is 1.47 bits per heavy atom. The van der Waals surface area contributed by atoms with Crippen molar-refractivity contribution in [3.63, 3.8) is 0 Å². The van der Waals surface area contributed by atoms with Crippen LogP contribution in [0.5, 0.6) is 0 Å². The molecule has 1 fully saturated rings. The Labute approximate surface area is 113 Å². The van der Waals surface area contributed by atoms with Crippen LogP contribution in [0.3, 0.4) is 0 Å². The van der Waals surface area contributed by atoms with Crippen LogP contribution in [0.25, 0.3) is 0 Å². The summed E-state index contributed by atoms with van der Waals surface area (Å²) < 4.78 is 5.54. The van der Waals surface area contributed by atoms with Crippen LogP contribution in [0.1, 0.15) is 24.0 Å². The molecule has 19 heavy (non-hydrogen) atoms. The molecule has 1 aliphatic rings. The molecule has 0 aliphatic heterocycles. The van der Waals surface area contributed by atoms with Crippen LogP contribution < -0.4 is 11.1 Å². The summed E-state index contributed by atoms with van der Waals surface area (Å²) in [5.74, 6) is 0.951. The van der Waals surface area contributed by atoms with Gasteiger partial charge in [-0.05, 0) is 30.4 Å². The molecule has 104 valence electrons. The van der Waals surface area contributed by atoms with Gasteiger partial charge in [-0.3, -0.25) is 0 Å². The molecule has 0 saturated heterocycles. The molecular weight excluding hydrogens is 242 g/mol. The zero-order valence-electron chi connectivity index (χ0n) is 11.0. The van der Waals surface area contributed by atoms with E-state index in [0.717, 1.165) is 43.3 Å². The lowest BCUT2D eigenvalue weighted by atomic mass is 10.1. The van der Waals surface area contributed by atoms with Gasteiger partial charge in [-0.2, -0.15) is 0 Å². The van der Waals surface area contributed by atoms with Gasteiger partial charge < -0.3 is 21.0 Å². The number of hydrogen-bond acceptors (Lipinski definition) is 4. The summed E-state index contributed by atoms with van der Waals surface area (Å²) in [6.07, 6.45) is 2.65. The quantitative estimate of drug-likeness (QED) is 0.217. The van der Waals surface area contributed by atoms with Crippen LogP contribution in [0.15, 0.2) is 29.4 Å². The Hall–Kier alpha value is -1.59. The standard InChI is InChI=1S/C14H21N3O2/c15-14(17-18)13-3-1-2-12(8-13)9-16-6-7-19-10-11-4-5-11/h1-3,8,11,16,18H,4-7,9-10H2,(H2,15,17). The Morgan fingerprint density at radius 3 is 3.05 bits per heavy atom. The molecule has 1 aromatic carbocycles. The van der Waals surface area contributed by atoms with E-state index >= 15 is 0 Å². The molecule has 0 unspecified atom stereocenters. The summed E-state index contributed by atoms with van der Waals surface area (Å²) in [4.78, 5) is 0. The summed E-state index contributed by atoms with van der Waals surface area (Å²) >= 11 is 0. The SMILES string of the molecule is N/C(=N/O)c1cccc(CNCCOCC2CC2)c1. The summed E-state index contributed by atoms with van der Waals surface area (Å²) in [7, 11) is 0. The molecule has 0 bridgehead atoms. The number of oxime groups is 1. The van der Waals surface area contributed by atoms with E-state index in [1.807, 2.05) is 24.3 Å². The minimum Gasteiger partial charge on any atom is -0.409 e. The number of amidine groups is 1. The molecule has 2 rings (SSSR count). The molecule has 0 heterocycles. The Bertz CT molecular complexity index is 430. The number of benzene rings is 1. The molecule has 0 spiro atoms. The van der Waals surface area contributed by atoms with Crippen molar-refractivity contribution < 1.29 is 9.94 Å². The first-order valence-corrected chi connectivity index (χ1v) is 6.65. The number of ether oxygens (including phenoxy) is 1. The maximum atomic E-state index is 8.63. The Balaban J connectivity index is 1.66. The Kier molecular flexibility index (Phi) is 5.18. The minimum absolute atomic E-state index is 0.134. The smallest absolute Gasteiger partial charge is 0.170 e. The van der Waals surface area contributed by atoms with Gasteiger partial charge in [-0.25, -0.2) is 0 Å². The maximum absolute atomic E-state index is 8.63. The molecule has 5 nitrogen and oxygen atoms in total. The average molecular weight is 263 g/mol. The molecule has 0 radical (unpaired) electrons. The molecule has 1 saturated carbocycles. The van der Waals surface area contributed by atoms with Gasteiger partial charge in [-0.1, -0.05) is 23.4 Å². The summed E-state index contributed by atoms with van der Waals surface area (Å²) in [5.41, 5.74) is 7.38. The van der Waals surface area contributed by atoms with Gasteiger partial charge in [0.05, 0.1) is 6.61 Å². The van der Waals surface area contributed by atoms with Gasteiger partial charge in [0.25, 0.3) is 0 Å². The van der Waals surface area contributed by atoms with Gasteiger partial charge in [0, 0.05) is 25.3 Å². The Morgan fingerprint density at radius 2 is 2.32 bits per heavy atom. The van der Waals surface area contributed by atoms with Crippen LogP contribution in [0.2, 0.25) is 0 Å². The largest absolute Gasteiger partial charge is 0.409 e. The van der Waals surface area contributed by atoms with Crippen molar-refractivity contribution in [1.82, 2.24) is 5.32 Å². The van der Waals surface area contributed by atoms with Crippen molar-refractivity contribution in [2.45, 2.75) is 19.4 Å². The number of nitrogens with two attached hydrogens (primary N) is 1. The molecular formula is C14H21N3O2. The van der Waals surface area contributed by atoms with Crippen molar-refractivity contribution >= 4 is 5.84 Å². The number of hydrogen-bond donors (Lipinski definition) is 3. The van der Waals surface area contributed by atoms with Gasteiger partial charge in [0.2, 0.25) is 0 Å². The van der Waals surface area contributed by atoms with E-state index in [4.69, 9.17) is 15.7 Å². The predicted molar refractivity (Wildman–Crippen MR) is 74.2 cm³/mol. The fourth-order valence-electron chi connectivity index (χ4n) is 1.81. The lowest BCUT2D eigenvalue weighted by molar-refractivity contribution is 0.126. The van der Waals surface area contributed by atoms with Crippen LogP contribution in [-0.4, -0.2) is 30.8 Å². The zero-order valence-corrected chi connectivity index (χ0v) is 11.0. The lowest BCUT2D eigenvalue weighted by Gasteiger charge is -2.07. The van der Waals surface area contributed by atoms with Crippen molar-refractivity contribution in [3.05, 3.63) is 35.4 Å². The topological polar surface area (TPSA) is 79.9 Å². The number of rotatable bonds is 8. The highest BCUT2D eigenvalue weighted by Gasteiger charge is 2.20. The third kappa shape index (κ3) is 4.89. The highest BCUT2D eigenvalue weighted by atomic mass is 16.5. The minimum atomic E-state index is 0.134. The van der Waals surface area contributed by atoms with E-state index < -0.39 is 0 Å². The van der Waals surface area contributed by atoms with Crippen molar-refractivity contribution in [2.24, 2.45) is 16.8 Å². The lowest BCUT2D eigenvalue weighted by Crippen LogP contribution is -2.20. The monoisotopic (exact) mass is 263 g/mol. The molecule has 4 N–H and O–H groups in total. The first-order valence-electron chi connectivity index (χ1n) is 6.65. The third-order valence-electron chi connectivity index (χ3n) is 3.13. The van der Waals surface area contributed by atoms with E-state index in [0.29, 0.717) is 0 Å². The molecule has 1 aliphatic carbocycles. The molecule has 5 heteroatoms. The van der Waals surface area contributed by atoms with Crippen LogP contribution in [0.4, 0.5) is 0 Å². The first kappa shape index (κ1) is 13.8. The van der Waals surface area contributed by atoms with Gasteiger partial charge in [-0.15, -0.1) is 0 Å². The zero-order chi connectivity index (χ0) is 13.5. The average Bonchev–Trinajstić information content (AvgIpc) is 3.26.